The number of fused-ring (bicyclic) bond motifs is 1. The fourth-order valence-corrected chi connectivity index (χ4v) is 4.67. The molecule has 1 aromatic heterocycles. The standard InChI is InChI=1S/C18H28N4O3S2/c1-4-5-8-21-16-7-6-15(27(23,24)19(2)3)13-17(16)22(18(21)26)14-20-9-11-25-12-10-20/h6-7,13H,4-5,8-12,14H2,1-3H3/p+1. The van der Waals surface area contributed by atoms with Crippen molar-refractivity contribution in [3.8, 4) is 0 Å². The Morgan fingerprint density at radius 2 is 1.89 bits per heavy atom. The zero-order chi connectivity index (χ0) is 19.6. The molecule has 150 valence electrons. The summed E-state index contributed by atoms with van der Waals surface area (Å²) in [4.78, 5) is 1.70. The Labute approximate surface area is 166 Å². The Morgan fingerprint density at radius 1 is 1.19 bits per heavy atom. The van der Waals surface area contributed by atoms with Crippen molar-refractivity contribution in [2.45, 2.75) is 37.9 Å². The first-order chi connectivity index (χ1) is 12.9. The molecule has 0 bridgehead atoms. The predicted molar refractivity (Wildman–Crippen MR) is 108 cm³/mol. The summed E-state index contributed by atoms with van der Waals surface area (Å²) in [6.45, 7) is 7.08. The fraction of sp³-hybridized carbons (Fsp3) is 0.611. The molecular weight excluding hydrogens is 384 g/mol. The molecule has 2 aromatic rings. The minimum Gasteiger partial charge on any atom is -0.370 e. The molecule has 1 N–H and O–H groups in total. The highest BCUT2D eigenvalue weighted by atomic mass is 32.2. The van der Waals surface area contributed by atoms with Crippen LogP contribution in [0.25, 0.3) is 11.0 Å². The molecule has 3 rings (SSSR count). The summed E-state index contributed by atoms with van der Waals surface area (Å²) < 4.78 is 36.9. The van der Waals surface area contributed by atoms with Gasteiger partial charge in [0.2, 0.25) is 10.0 Å². The molecule has 27 heavy (non-hydrogen) atoms. The van der Waals surface area contributed by atoms with Crippen LogP contribution in [0.5, 0.6) is 0 Å². The van der Waals surface area contributed by atoms with Gasteiger partial charge in [0, 0.05) is 20.6 Å². The van der Waals surface area contributed by atoms with Crippen LogP contribution in [-0.2, 0) is 28.0 Å². The van der Waals surface area contributed by atoms with Gasteiger partial charge in [-0.25, -0.2) is 12.7 Å². The summed E-state index contributed by atoms with van der Waals surface area (Å²) in [5, 5.41) is 0. The predicted octanol–water partition coefficient (Wildman–Crippen LogP) is 1.10. The lowest BCUT2D eigenvalue weighted by molar-refractivity contribution is -0.930. The van der Waals surface area contributed by atoms with Crippen LogP contribution in [0.4, 0.5) is 0 Å². The molecule has 7 nitrogen and oxygen atoms in total. The van der Waals surface area contributed by atoms with Crippen LogP contribution in [0.15, 0.2) is 23.1 Å². The number of sulfonamides is 1. The maximum absolute atomic E-state index is 12.6. The molecule has 0 aliphatic carbocycles. The topological polar surface area (TPSA) is 60.9 Å². The highest BCUT2D eigenvalue weighted by molar-refractivity contribution is 7.89. The molecule has 1 aliphatic heterocycles. The lowest BCUT2D eigenvalue weighted by Gasteiger charge is -2.24. The second-order valence-electron chi connectivity index (χ2n) is 7.17. The molecule has 0 atom stereocenters. The van der Waals surface area contributed by atoms with Crippen molar-refractivity contribution in [3.63, 3.8) is 0 Å². The van der Waals surface area contributed by atoms with Crippen LogP contribution in [-0.4, -0.2) is 62.3 Å². The first-order valence-electron chi connectivity index (χ1n) is 9.43. The molecule has 0 radical (unpaired) electrons. The smallest absolute Gasteiger partial charge is 0.242 e. The van der Waals surface area contributed by atoms with Gasteiger partial charge in [-0.2, -0.15) is 0 Å². The third-order valence-electron chi connectivity index (χ3n) is 5.09. The Balaban J connectivity index is 2.12. The Morgan fingerprint density at radius 3 is 2.52 bits per heavy atom. The number of aryl methyl sites for hydroxylation is 1. The van der Waals surface area contributed by atoms with Gasteiger partial charge in [0.1, 0.15) is 13.1 Å². The monoisotopic (exact) mass is 413 g/mol. The summed E-state index contributed by atoms with van der Waals surface area (Å²) in [5.41, 5.74) is 1.89. The Kier molecular flexibility index (Phi) is 6.37. The van der Waals surface area contributed by atoms with E-state index < -0.39 is 10.0 Å². The molecule has 0 amide bonds. The van der Waals surface area contributed by atoms with Crippen molar-refractivity contribution in [1.29, 1.82) is 0 Å². The van der Waals surface area contributed by atoms with Gasteiger partial charge in [-0.05, 0) is 36.8 Å². The number of nitrogens with one attached hydrogen (secondary N) is 1. The summed E-state index contributed by atoms with van der Waals surface area (Å²) in [6.07, 6.45) is 2.12. The first-order valence-corrected chi connectivity index (χ1v) is 11.3. The lowest BCUT2D eigenvalue weighted by Crippen LogP contribution is -3.13. The zero-order valence-corrected chi connectivity index (χ0v) is 17.9. The van der Waals surface area contributed by atoms with Gasteiger partial charge in [-0.1, -0.05) is 13.3 Å². The number of hydrogen-bond donors (Lipinski definition) is 1. The Bertz CT molecular complexity index is 957. The number of imidazole rings is 1. The van der Waals surface area contributed by atoms with Crippen molar-refractivity contribution in [3.05, 3.63) is 23.0 Å². The van der Waals surface area contributed by atoms with Gasteiger partial charge in [0.05, 0.1) is 29.1 Å². The van der Waals surface area contributed by atoms with Crippen molar-refractivity contribution in [2.24, 2.45) is 0 Å². The van der Waals surface area contributed by atoms with E-state index in [0.717, 1.165) is 68.2 Å². The molecule has 0 unspecified atom stereocenters. The SMILES string of the molecule is CCCCn1c(=S)n(C[NH+]2CCOCC2)c2cc(S(=O)(=O)N(C)C)ccc21. The number of nitrogens with zero attached hydrogens (tertiary/aromatic N) is 3. The number of rotatable bonds is 7. The molecule has 1 aromatic carbocycles. The van der Waals surface area contributed by atoms with Crippen LogP contribution >= 0.6 is 12.2 Å². The minimum atomic E-state index is -3.49. The minimum absolute atomic E-state index is 0.299. The van der Waals surface area contributed by atoms with Crippen molar-refractivity contribution in [2.75, 3.05) is 40.4 Å². The van der Waals surface area contributed by atoms with Crippen LogP contribution in [0, 0.1) is 4.77 Å². The van der Waals surface area contributed by atoms with Crippen molar-refractivity contribution in [1.82, 2.24) is 13.4 Å². The van der Waals surface area contributed by atoms with Gasteiger partial charge < -0.3 is 14.2 Å². The summed E-state index contributed by atoms with van der Waals surface area (Å²) >= 11 is 5.78. The average molecular weight is 414 g/mol. The van der Waals surface area contributed by atoms with Crippen LogP contribution in [0.2, 0.25) is 0 Å². The Hall–Kier alpha value is -1.26. The van der Waals surface area contributed by atoms with E-state index in [4.69, 9.17) is 17.0 Å². The normalized spacial score (nSPS) is 16.4. The fourth-order valence-electron chi connectivity index (χ4n) is 3.40. The summed E-state index contributed by atoms with van der Waals surface area (Å²) in [7, 11) is -0.385. The maximum Gasteiger partial charge on any atom is 0.242 e. The number of hydrogen-bond acceptors (Lipinski definition) is 4. The van der Waals surface area contributed by atoms with Crippen LogP contribution in [0.1, 0.15) is 19.8 Å². The lowest BCUT2D eigenvalue weighted by atomic mass is 10.3. The van der Waals surface area contributed by atoms with E-state index in [1.54, 1.807) is 26.2 Å². The molecule has 0 spiro atoms. The van der Waals surface area contributed by atoms with Crippen molar-refractivity contribution < 1.29 is 18.1 Å². The highest BCUT2D eigenvalue weighted by Crippen LogP contribution is 2.23. The van der Waals surface area contributed by atoms with E-state index in [9.17, 15) is 8.42 Å². The van der Waals surface area contributed by atoms with Gasteiger partial charge in [0.15, 0.2) is 11.4 Å². The maximum atomic E-state index is 12.6. The van der Waals surface area contributed by atoms with E-state index in [1.165, 1.54) is 9.21 Å². The summed E-state index contributed by atoms with van der Waals surface area (Å²) in [5.74, 6) is 0. The quantitative estimate of drug-likeness (QED) is 0.691. The molecule has 1 aliphatic rings. The van der Waals surface area contributed by atoms with E-state index in [0.29, 0.717) is 4.90 Å². The number of ether oxygens (including phenoxy) is 1. The molecular formula is C18H29N4O3S2+. The number of benzene rings is 1. The second kappa shape index (κ2) is 8.40. The van der Waals surface area contributed by atoms with E-state index >= 15 is 0 Å². The number of quaternary nitrogens is 1. The van der Waals surface area contributed by atoms with Gasteiger partial charge in [0.25, 0.3) is 0 Å². The van der Waals surface area contributed by atoms with Crippen LogP contribution < -0.4 is 4.90 Å². The zero-order valence-electron chi connectivity index (χ0n) is 16.3. The van der Waals surface area contributed by atoms with Crippen molar-refractivity contribution >= 4 is 33.3 Å². The number of morpholine rings is 1. The number of aromatic nitrogens is 2. The highest BCUT2D eigenvalue weighted by Gasteiger charge is 2.22. The third kappa shape index (κ3) is 4.12. The third-order valence-corrected chi connectivity index (χ3v) is 7.34. The molecule has 1 saturated heterocycles. The van der Waals surface area contributed by atoms with E-state index in [-0.39, 0.29) is 0 Å². The van der Waals surface area contributed by atoms with Gasteiger partial charge in [-0.3, -0.25) is 4.57 Å². The van der Waals surface area contributed by atoms with Crippen LogP contribution in [0.3, 0.4) is 0 Å². The first kappa shape index (κ1) is 20.5. The number of unbranched alkanes of at least 4 members (excludes halogenated alkanes) is 1. The molecule has 1 fully saturated rings. The van der Waals surface area contributed by atoms with E-state index in [2.05, 4.69) is 16.1 Å². The van der Waals surface area contributed by atoms with Gasteiger partial charge >= 0.3 is 0 Å². The largest absolute Gasteiger partial charge is 0.370 e. The molecule has 0 saturated carbocycles. The molecule has 2 heterocycles. The second-order valence-corrected chi connectivity index (χ2v) is 9.69. The average Bonchev–Trinajstić information content (AvgIpc) is 2.91. The van der Waals surface area contributed by atoms with Gasteiger partial charge in [-0.15, -0.1) is 0 Å². The van der Waals surface area contributed by atoms with E-state index in [1.807, 2.05) is 6.07 Å². The molecule has 9 heteroatoms. The summed E-state index contributed by atoms with van der Waals surface area (Å²) in [6, 6.07) is 5.34.